The number of nitrogens with zero attached hydrogens (tertiary/aromatic N) is 4. The Kier molecular flexibility index (Phi) is 3.66. The van der Waals surface area contributed by atoms with E-state index >= 15 is 0 Å². The van der Waals surface area contributed by atoms with Gasteiger partial charge in [-0.05, 0) is 25.8 Å². The van der Waals surface area contributed by atoms with Crippen molar-refractivity contribution in [3.63, 3.8) is 0 Å². The predicted octanol–water partition coefficient (Wildman–Crippen LogP) is 1.16. The minimum atomic E-state index is -0.265. The normalized spacial score (nSPS) is 16.3. The van der Waals surface area contributed by atoms with E-state index < -0.39 is 0 Å². The minimum Gasteiger partial charge on any atom is -0.338 e. The van der Waals surface area contributed by atoms with Crippen LogP contribution in [-0.2, 0) is 17.8 Å². The van der Waals surface area contributed by atoms with Crippen molar-refractivity contribution in [3.05, 3.63) is 35.5 Å². The summed E-state index contributed by atoms with van der Waals surface area (Å²) in [5.74, 6) is 0.271. The van der Waals surface area contributed by atoms with E-state index in [0.717, 1.165) is 29.9 Å². The molecule has 2 aromatic rings. The highest BCUT2D eigenvalue weighted by atomic mass is 16.5. The van der Waals surface area contributed by atoms with E-state index in [-0.39, 0.29) is 11.9 Å². The molecule has 1 atom stereocenters. The number of anilines is 1. The van der Waals surface area contributed by atoms with Gasteiger partial charge in [0.15, 0.2) is 0 Å². The molecule has 7 nitrogen and oxygen atoms in total. The van der Waals surface area contributed by atoms with E-state index in [0.29, 0.717) is 12.4 Å². The van der Waals surface area contributed by atoms with Crippen LogP contribution in [0, 0.1) is 6.92 Å². The molecule has 0 aromatic carbocycles. The summed E-state index contributed by atoms with van der Waals surface area (Å²) < 4.78 is 5.01. The van der Waals surface area contributed by atoms with Crippen LogP contribution in [0.4, 0.5) is 5.88 Å². The van der Waals surface area contributed by atoms with E-state index in [1.165, 1.54) is 0 Å². The number of hydrogen-bond acceptors (Lipinski definition) is 6. The Bertz CT molecular complexity index is 654. The summed E-state index contributed by atoms with van der Waals surface area (Å²) in [6, 6.07) is 1.43. The highest BCUT2D eigenvalue weighted by molar-refractivity contribution is 5.93. The van der Waals surface area contributed by atoms with Crippen molar-refractivity contribution < 1.29 is 9.32 Å². The molecule has 3 rings (SSSR count). The Labute approximate surface area is 122 Å². The third-order valence-electron chi connectivity index (χ3n) is 3.70. The van der Waals surface area contributed by atoms with Crippen molar-refractivity contribution in [1.29, 1.82) is 0 Å². The number of carbonyl (C=O) groups is 1. The first kappa shape index (κ1) is 13.7. The molecule has 110 valence electrons. The number of rotatable bonds is 3. The Morgan fingerprint density at radius 3 is 3.14 bits per heavy atom. The van der Waals surface area contributed by atoms with Crippen LogP contribution in [0.5, 0.6) is 0 Å². The fraction of sp³-hybridized carbons (Fsp3) is 0.429. The molecule has 7 heteroatoms. The van der Waals surface area contributed by atoms with E-state index in [1.54, 1.807) is 12.4 Å². The number of hydrogen-bond donors (Lipinski definition) is 1. The van der Waals surface area contributed by atoms with Gasteiger partial charge in [-0.1, -0.05) is 5.16 Å². The number of aryl methyl sites for hydroxylation is 1. The molecule has 3 heterocycles. The maximum absolute atomic E-state index is 12.3. The van der Waals surface area contributed by atoms with Crippen LogP contribution in [0.25, 0.3) is 0 Å². The van der Waals surface area contributed by atoms with E-state index in [2.05, 4.69) is 25.3 Å². The number of carbonyl (C=O) groups excluding carboxylic acids is 1. The van der Waals surface area contributed by atoms with Crippen LogP contribution in [0.1, 0.15) is 23.9 Å². The standard InChI is InChI=1S/C14H17N5O2/c1-9-5-13(21-18-9)17-14(20)10(2)19-4-3-11-6-15-8-16-12(11)7-19/h5-6,8,10H,3-4,7H2,1-2H3,(H,17,20). The summed E-state index contributed by atoms with van der Waals surface area (Å²) in [5, 5.41) is 6.49. The van der Waals surface area contributed by atoms with Gasteiger partial charge < -0.3 is 4.52 Å². The lowest BCUT2D eigenvalue weighted by Crippen LogP contribution is -2.44. The van der Waals surface area contributed by atoms with Crippen LogP contribution >= 0.6 is 0 Å². The van der Waals surface area contributed by atoms with Crippen molar-refractivity contribution in [1.82, 2.24) is 20.0 Å². The Morgan fingerprint density at radius 2 is 2.38 bits per heavy atom. The minimum absolute atomic E-state index is 0.108. The number of fused-ring (bicyclic) bond motifs is 1. The van der Waals surface area contributed by atoms with Gasteiger partial charge in [-0.3, -0.25) is 15.0 Å². The second-order valence-electron chi connectivity index (χ2n) is 5.21. The first-order valence-corrected chi connectivity index (χ1v) is 6.89. The first-order chi connectivity index (χ1) is 10.1. The molecular formula is C14H17N5O2. The molecule has 1 N–H and O–H groups in total. The molecular weight excluding hydrogens is 270 g/mol. The van der Waals surface area contributed by atoms with Crippen molar-refractivity contribution in [2.24, 2.45) is 0 Å². The molecule has 1 unspecified atom stereocenters. The zero-order valence-electron chi connectivity index (χ0n) is 12.0. The van der Waals surface area contributed by atoms with Crippen molar-refractivity contribution in [3.8, 4) is 0 Å². The molecule has 1 aliphatic rings. The summed E-state index contributed by atoms with van der Waals surface area (Å²) in [5.41, 5.74) is 2.89. The van der Waals surface area contributed by atoms with Gasteiger partial charge in [0, 0.05) is 25.4 Å². The topological polar surface area (TPSA) is 84.2 Å². The zero-order chi connectivity index (χ0) is 14.8. The lowest BCUT2D eigenvalue weighted by atomic mass is 10.1. The summed E-state index contributed by atoms with van der Waals surface area (Å²) in [6.45, 7) is 5.15. The average Bonchev–Trinajstić information content (AvgIpc) is 2.91. The molecule has 0 radical (unpaired) electrons. The molecule has 0 spiro atoms. The highest BCUT2D eigenvalue weighted by Gasteiger charge is 2.26. The third kappa shape index (κ3) is 2.92. The number of amides is 1. The smallest absolute Gasteiger partial charge is 0.243 e. The van der Waals surface area contributed by atoms with Crippen LogP contribution < -0.4 is 5.32 Å². The summed E-state index contributed by atoms with van der Waals surface area (Å²) >= 11 is 0. The van der Waals surface area contributed by atoms with Crippen LogP contribution in [0.2, 0.25) is 0 Å². The molecule has 21 heavy (non-hydrogen) atoms. The molecule has 0 saturated carbocycles. The van der Waals surface area contributed by atoms with Gasteiger partial charge in [0.2, 0.25) is 11.8 Å². The van der Waals surface area contributed by atoms with Crippen LogP contribution in [0.15, 0.2) is 23.1 Å². The average molecular weight is 287 g/mol. The Hall–Kier alpha value is -2.28. The second-order valence-corrected chi connectivity index (χ2v) is 5.21. The van der Waals surface area contributed by atoms with Gasteiger partial charge in [-0.25, -0.2) is 9.97 Å². The van der Waals surface area contributed by atoms with E-state index in [9.17, 15) is 4.79 Å². The van der Waals surface area contributed by atoms with Crippen molar-refractivity contribution >= 4 is 11.8 Å². The maximum Gasteiger partial charge on any atom is 0.243 e. The summed E-state index contributed by atoms with van der Waals surface area (Å²) in [6.07, 6.45) is 4.25. The molecule has 2 aromatic heterocycles. The van der Waals surface area contributed by atoms with Crippen LogP contribution in [0.3, 0.4) is 0 Å². The SMILES string of the molecule is Cc1cc(NC(=O)C(C)N2CCc3cncnc3C2)on1. The molecule has 1 aliphatic heterocycles. The highest BCUT2D eigenvalue weighted by Crippen LogP contribution is 2.18. The molecule has 0 aliphatic carbocycles. The summed E-state index contributed by atoms with van der Waals surface area (Å²) in [4.78, 5) is 22.7. The lowest BCUT2D eigenvalue weighted by Gasteiger charge is -2.31. The monoisotopic (exact) mass is 287 g/mol. The fourth-order valence-corrected chi connectivity index (χ4v) is 2.42. The van der Waals surface area contributed by atoms with Gasteiger partial charge in [0.25, 0.3) is 0 Å². The van der Waals surface area contributed by atoms with E-state index in [4.69, 9.17) is 4.52 Å². The van der Waals surface area contributed by atoms with Gasteiger partial charge in [-0.2, -0.15) is 0 Å². The molecule has 1 amide bonds. The summed E-state index contributed by atoms with van der Waals surface area (Å²) in [7, 11) is 0. The van der Waals surface area contributed by atoms with Crippen molar-refractivity contribution in [2.45, 2.75) is 32.9 Å². The zero-order valence-corrected chi connectivity index (χ0v) is 12.0. The second kappa shape index (κ2) is 5.61. The predicted molar refractivity (Wildman–Crippen MR) is 75.5 cm³/mol. The Balaban J connectivity index is 1.66. The van der Waals surface area contributed by atoms with E-state index in [1.807, 2.05) is 20.0 Å². The fourth-order valence-electron chi connectivity index (χ4n) is 2.42. The van der Waals surface area contributed by atoms with Gasteiger partial charge >= 0.3 is 0 Å². The molecule has 0 saturated heterocycles. The van der Waals surface area contributed by atoms with Crippen molar-refractivity contribution in [2.75, 3.05) is 11.9 Å². The largest absolute Gasteiger partial charge is 0.338 e. The van der Waals surface area contributed by atoms with Gasteiger partial charge in [0.05, 0.1) is 17.4 Å². The maximum atomic E-state index is 12.3. The van der Waals surface area contributed by atoms with Crippen LogP contribution in [-0.4, -0.2) is 38.5 Å². The quantitative estimate of drug-likeness (QED) is 0.912. The Morgan fingerprint density at radius 1 is 1.52 bits per heavy atom. The van der Waals surface area contributed by atoms with Gasteiger partial charge in [0.1, 0.15) is 6.33 Å². The lowest BCUT2D eigenvalue weighted by molar-refractivity contribution is -0.121. The first-order valence-electron chi connectivity index (χ1n) is 6.89. The molecule has 0 fully saturated rings. The number of aromatic nitrogens is 3. The third-order valence-corrected chi connectivity index (χ3v) is 3.70. The number of nitrogens with one attached hydrogen (secondary N) is 1. The van der Waals surface area contributed by atoms with Gasteiger partial charge in [-0.15, -0.1) is 0 Å². The molecule has 0 bridgehead atoms.